The molecule has 16 heavy (non-hydrogen) atoms. The molecule has 0 heterocycles. The molecule has 0 aliphatic carbocycles. The van der Waals surface area contributed by atoms with Crippen molar-refractivity contribution in [3.05, 3.63) is 45.8 Å². The first kappa shape index (κ1) is 13.3. The molecule has 0 aromatic heterocycles. The normalized spacial score (nSPS) is 13.0. The third-order valence-electron chi connectivity index (χ3n) is 2.44. The molecule has 0 aliphatic heterocycles. The van der Waals surface area contributed by atoms with Crippen LogP contribution in [-0.4, -0.2) is 6.54 Å². The van der Waals surface area contributed by atoms with Crippen LogP contribution >= 0.6 is 22.6 Å². The van der Waals surface area contributed by atoms with E-state index in [1.54, 1.807) is 0 Å². The van der Waals surface area contributed by atoms with Gasteiger partial charge in [0.25, 0.3) is 0 Å². The van der Waals surface area contributed by atoms with E-state index in [2.05, 4.69) is 77.7 Å². The molecule has 4 heteroatoms. The summed E-state index contributed by atoms with van der Waals surface area (Å²) in [5, 5.41) is 3.59. The van der Waals surface area contributed by atoms with Crippen LogP contribution in [0, 0.1) is 0 Å². The third kappa shape index (κ3) is 3.68. The van der Waals surface area contributed by atoms with Crippen LogP contribution in [-0.2, 0) is 5.41 Å². The molecule has 0 saturated carbocycles. The van der Waals surface area contributed by atoms with Gasteiger partial charge in [-0.25, -0.2) is 0 Å². The molecule has 1 atom stereocenters. The van der Waals surface area contributed by atoms with Crippen molar-refractivity contribution in [1.82, 2.24) is 0 Å². The van der Waals surface area contributed by atoms with E-state index >= 15 is 0 Å². The number of benzene rings is 1. The van der Waals surface area contributed by atoms with E-state index in [0.717, 1.165) is 0 Å². The number of hydrogen-bond acceptors (Lipinski definition) is 1. The smallest absolute Gasteiger partial charge is 0.0417 e. The van der Waals surface area contributed by atoms with Gasteiger partial charge in [0.15, 0.2) is 0 Å². The summed E-state index contributed by atoms with van der Waals surface area (Å²) in [6, 6.07) is 8.53. The highest BCUT2D eigenvalue weighted by Crippen LogP contribution is 2.27. The van der Waals surface area contributed by atoms with Crippen LogP contribution in [0.1, 0.15) is 35.8 Å². The van der Waals surface area contributed by atoms with Gasteiger partial charge in [0.2, 0.25) is 0 Å². The second kappa shape index (κ2) is 5.55. The highest BCUT2D eigenvalue weighted by molar-refractivity contribution is 14.1. The predicted molar refractivity (Wildman–Crippen MR) is 75.9 cm³/mol. The Bertz CT molecular complexity index is 386. The van der Waals surface area contributed by atoms with Crippen LogP contribution in [0.2, 0.25) is 0 Å². The van der Waals surface area contributed by atoms with Crippen LogP contribution in [0.4, 0.5) is 0 Å². The fourth-order valence-corrected chi connectivity index (χ4v) is 2.00. The minimum atomic E-state index is 0.185. The molecule has 1 unspecified atom stereocenters. The molecule has 0 radical (unpaired) electrons. The average molecular weight is 329 g/mol. The van der Waals surface area contributed by atoms with Crippen LogP contribution in [0.25, 0.3) is 10.4 Å². The van der Waals surface area contributed by atoms with E-state index in [0.29, 0.717) is 6.54 Å². The fourth-order valence-electron chi connectivity index (χ4n) is 1.41. The Morgan fingerprint density at radius 1 is 1.31 bits per heavy atom. The Labute approximate surface area is 110 Å². The van der Waals surface area contributed by atoms with Gasteiger partial charge in [0.05, 0.1) is 0 Å². The maximum Gasteiger partial charge on any atom is 0.0417 e. The molecule has 1 aromatic rings. The molecule has 0 N–H and O–H groups in total. The molecule has 0 fully saturated rings. The summed E-state index contributed by atoms with van der Waals surface area (Å²) in [5.74, 6) is 0. The number of azide groups is 1. The van der Waals surface area contributed by atoms with Crippen LogP contribution in [0.3, 0.4) is 0 Å². The molecule has 0 amide bonds. The first-order chi connectivity index (χ1) is 7.45. The summed E-state index contributed by atoms with van der Waals surface area (Å²) in [4.78, 5) is 2.78. The Kier molecular flexibility index (Phi) is 4.62. The summed E-state index contributed by atoms with van der Waals surface area (Å²) in [7, 11) is 0. The van der Waals surface area contributed by atoms with E-state index in [-0.39, 0.29) is 9.34 Å². The van der Waals surface area contributed by atoms with Crippen LogP contribution in [0.5, 0.6) is 0 Å². The minimum absolute atomic E-state index is 0.185. The summed E-state index contributed by atoms with van der Waals surface area (Å²) >= 11 is 2.30. The standard InChI is InChI=1S/C12H16IN3/c1-12(2,3)10-6-4-9(5-7-10)11(13)8-15-16-14/h4-7,11H,8H2,1-3H3. The number of rotatable bonds is 3. The van der Waals surface area contributed by atoms with Crippen molar-refractivity contribution in [2.45, 2.75) is 30.1 Å². The van der Waals surface area contributed by atoms with Gasteiger partial charge in [-0.05, 0) is 22.1 Å². The molecule has 0 saturated heterocycles. The van der Waals surface area contributed by atoms with E-state index in [9.17, 15) is 0 Å². The number of halogens is 1. The zero-order valence-electron chi connectivity index (χ0n) is 9.81. The maximum absolute atomic E-state index is 8.27. The van der Waals surface area contributed by atoms with Crippen LogP contribution in [0.15, 0.2) is 29.4 Å². The largest absolute Gasteiger partial charge is 0.0925 e. The van der Waals surface area contributed by atoms with Crippen molar-refractivity contribution < 1.29 is 0 Å². The zero-order chi connectivity index (χ0) is 12.2. The second-order valence-corrected chi connectivity index (χ2v) is 6.26. The van der Waals surface area contributed by atoms with Gasteiger partial charge in [0, 0.05) is 15.4 Å². The first-order valence-electron chi connectivity index (χ1n) is 5.20. The molecule has 0 bridgehead atoms. The molecule has 0 aliphatic rings. The number of nitrogens with zero attached hydrogens (tertiary/aromatic N) is 3. The summed E-state index contributed by atoms with van der Waals surface area (Å²) < 4.78 is 0.252. The summed E-state index contributed by atoms with van der Waals surface area (Å²) in [6.45, 7) is 7.10. The number of hydrogen-bond donors (Lipinski definition) is 0. The highest BCUT2D eigenvalue weighted by Gasteiger charge is 2.14. The van der Waals surface area contributed by atoms with Crippen molar-refractivity contribution in [1.29, 1.82) is 0 Å². The van der Waals surface area contributed by atoms with Gasteiger partial charge < -0.3 is 0 Å². The molecular weight excluding hydrogens is 313 g/mol. The van der Waals surface area contributed by atoms with Gasteiger partial charge in [-0.3, -0.25) is 0 Å². The minimum Gasteiger partial charge on any atom is -0.0925 e. The zero-order valence-corrected chi connectivity index (χ0v) is 12.0. The fraction of sp³-hybridized carbons (Fsp3) is 0.500. The quantitative estimate of drug-likeness (QED) is 0.252. The molecule has 1 aromatic carbocycles. The van der Waals surface area contributed by atoms with Crippen molar-refractivity contribution in [3.8, 4) is 0 Å². The van der Waals surface area contributed by atoms with E-state index in [4.69, 9.17) is 5.53 Å². The van der Waals surface area contributed by atoms with E-state index in [1.165, 1.54) is 11.1 Å². The lowest BCUT2D eigenvalue weighted by Gasteiger charge is -2.19. The molecular formula is C12H16IN3. The summed E-state index contributed by atoms with van der Waals surface area (Å²) in [5.41, 5.74) is 11.0. The lowest BCUT2D eigenvalue weighted by molar-refractivity contribution is 0.590. The lowest BCUT2D eigenvalue weighted by atomic mass is 9.86. The van der Waals surface area contributed by atoms with Gasteiger partial charge in [-0.2, -0.15) is 0 Å². The Hall–Kier alpha value is -0.740. The SMILES string of the molecule is CC(C)(C)c1ccc(C(I)CN=[N+]=[N-])cc1. The van der Waals surface area contributed by atoms with Gasteiger partial charge in [0.1, 0.15) is 0 Å². The average Bonchev–Trinajstić information content (AvgIpc) is 2.25. The first-order valence-corrected chi connectivity index (χ1v) is 6.45. The third-order valence-corrected chi connectivity index (χ3v) is 3.56. The molecule has 0 spiro atoms. The van der Waals surface area contributed by atoms with Gasteiger partial charge in [-0.1, -0.05) is 72.7 Å². The second-order valence-electron chi connectivity index (χ2n) is 4.75. The topological polar surface area (TPSA) is 48.8 Å². The predicted octanol–water partition coefficient (Wildman–Crippen LogP) is 4.77. The molecule has 1 rings (SSSR count). The van der Waals surface area contributed by atoms with E-state index < -0.39 is 0 Å². The molecule has 3 nitrogen and oxygen atoms in total. The molecule has 86 valence electrons. The highest BCUT2D eigenvalue weighted by atomic mass is 127. The Morgan fingerprint density at radius 3 is 2.31 bits per heavy atom. The van der Waals surface area contributed by atoms with E-state index in [1.807, 2.05) is 0 Å². The lowest BCUT2D eigenvalue weighted by Crippen LogP contribution is -2.10. The Morgan fingerprint density at radius 2 is 1.88 bits per heavy atom. The number of alkyl halides is 1. The van der Waals surface area contributed by atoms with Gasteiger partial charge in [-0.15, -0.1) is 0 Å². The van der Waals surface area contributed by atoms with Crippen molar-refractivity contribution in [2.24, 2.45) is 5.11 Å². The Balaban J connectivity index is 2.82. The maximum atomic E-state index is 8.27. The van der Waals surface area contributed by atoms with Gasteiger partial charge >= 0.3 is 0 Å². The van der Waals surface area contributed by atoms with Crippen molar-refractivity contribution in [3.63, 3.8) is 0 Å². The van der Waals surface area contributed by atoms with Crippen molar-refractivity contribution in [2.75, 3.05) is 6.54 Å². The summed E-state index contributed by atoms with van der Waals surface area (Å²) in [6.07, 6.45) is 0. The monoisotopic (exact) mass is 329 g/mol. The van der Waals surface area contributed by atoms with Crippen molar-refractivity contribution >= 4 is 22.6 Å². The van der Waals surface area contributed by atoms with Crippen LogP contribution < -0.4 is 0 Å².